The van der Waals surface area contributed by atoms with E-state index in [2.05, 4.69) is 16.0 Å². The van der Waals surface area contributed by atoms with Gasteiger partial charge in [-0.25, -0.2) is 0 Å². The van der Waals surface area contributed by atoms with Gasteiger partial charge in [0.1, 0.15) is 5.75 Å². The van der Waals surface area contributed by atoms with E-state index < -0.39 is 0 Å². The minimum atomic E-state index is 0.568. The maximum atomic E-state index is 9.49. The predicted molar refractivity (Wildman–Crippen MR) is 82.6 cm³/mol. The first-order valence-electron chi connectivity index (χ1n) is 6.50. The lowest BCUT2D eigenvalue weighted by atomic mass is 10.0. The Hall–Kier alpha value is -3.06. The van der Waals surface area contributed by atoms with Crippen LogP contribution in [0.2, 0.25) is 0 Å². The van der Waals surface area contributed by atoms with Crippen LogP contribution in [-0.4, -0.2) is 17.1 Å². The average Bonchev–Trinajstić information content (AvgIpc) is 2.97. The molecule has 2 aromatic heterocycles. The first kappa shape index (κ1) is 12.9. The quantitative estimate of drug-likeness (QED) is 0.742. The molecular weight excluding hydrogens is 262 g/mol. The monoisotopic (exact) mass is 275 g/mol. The lowest BCUT2D eigenvalue weighted by Gasteiger charge is -2.04. The van der Waals surface area contributed by atoms with Crippen LogP contribution >= 0.6 is 0 Å². The second-order valence-corrected chi connectivity index (χ2v) is 4.54. The van der Waals surface area contributed by atoms with Gasteiger partial charge in [0.05, 0.1) is 24.1 Å². The maximum Gasteiger partial charge on any atom is 0.128 e. The second-order valence-electron chi connectivity index (χ2n) is 4.54. The van der Waals surface area contributed by atoms with Crippen molar-refractivity contribution in [3.63, 3.8) is 0 Å². The number of rotatable bonds is 3. The minimum Gasteiger partial charge on any atom is -0.496 e. The van der Waals surface area contributed by atoms with Gasteiger partial charge in [0, 0.05) is 29.7 Å². The Bertz CT molecular complexity index is 841. The fourth-order valence-electron chi connectivity index (χ4n) is 2.33. The molecule has 1 N–H and O–H groups in total. The van der Waals surface area contributed by atoms with Crippen molar-refractivity contribution in [3.05, 3.63) is 60.0 Å². The predicted octanol–water partition coefficient (Wildman–Crippen LogP) is 3.64. The number of aromatic nitrogens is 2. The molecule has 102 valence electrons. The minimum absolute atomic E-state index is 0.568. The Labute approximate surface area is 122 Å². The van der Waals surface area contributed by atoms with Crippen LogP contribution in [0.4, 0.5) is 0 Å². The summed E-state index contributed by atoms with van der Waals surface area (Å²) in [6.07, 6.45) is 7.09. The second kappa shape index (κ2) is 5.51. The van der Waals surface area contributed by atoms with Crippen LogP contribution in [0.3, 0.4) is 0 Å². The summed E-state index contributed by atoms with van der Waals surface area (Å²) in [4.78, 5) is 7.24. The largest absolute Gasteiger partial charge is 0.496 e. The van der Waals surface area contributed by atoms with E-state index >= 15 is 0 Å². The number of hydrogen-bond acceptors (Lipinski definition) is 3. The van der Waals surface area contributed by atoms with Crippen molar-refractivity contribution >= 4 is 22.6 Å². The average molecular weight is 275 g/mol. The summed E-state index contributed by atoms with van der Waals surface area (Å²) in [5, 5.41) is 10.4. The number of benzene rings is 1. The van der Waals surface area contributed by atoms with Gasteiger partial charge in [-0.1, -0.05) is 12.1 Å². The Morgan fingerprint density at radius 2 is 2.24 bits per heavy atom. The number of aromatic amines is 1. The highest BCUT2D eigenvalue weighted by Crippen LogP contribution is 2.33. The van der Waals surface area contributed by atoms with Crippen LogP contribution in [0.15, 0.2) is 48.9 Å². The molecule has 0 aliphatic carbocycles. The molecule has 0 saturated carbocycles. The number of ether oxygens (including phenoxy) is 1. The summed E-state index contributed by atoms with van der Waals surface area (Å²) < 4.78 is 5.40. The number of H-pyrrole nitrogens is 1. The summed E-state index contributed by atoms with van der Waals surface area (Å²) in [5.74, 6) is 0.746. The van der Waals surface area contributed by atoms with E-state index in [9.17, 15) is 5.26 Å². The molecule has 2 heterocycles. The fraction of sp³-hybridized carbons (Fsp3) is 0.0588. The van der Waals surface area contributed by atoms with Crippen molar-refractivity contribution in [2.45, 2.75) is 0 Å². The van der Waals surface area contributed by atoms with E-state index in [1.54, 1.807) is 19.5 Å². The SMILES string of the molecule is COc1cccc2[nH]cc(C(C#N)=Cc3cccnc3)c12. The molecule has 0 atom stereocenters. The van der Waals surface area contributed by atoms with Gasteiger partial charge in [0.25, 0.3) is 0 Å². The number of allylic oxidation sites excluding steroid dienone is 1. The number of fused-ring (bicyclic) bond motifs is 1. The molecule has 0 amide bonds. The molecule has 0 spiro atoms. The Balaban J connectivity index is 2.19. The van der Waals surface area contributed by atoms with Gasteiger partial charge in [0.15, 0.2) is 0 Å². The molecular formula is C17H13N3O. The molecule has 3 aromatic rings. The van der Waals surface area contributed by atoms with E-state index in [0.717, 1.165) is 27.8 Å². The standard InChI is InChI=1S/C17H13N3O/c1-21-16-6-2-5-15-17(16)14(11-20-15)13(9-18)8-12-4-3-7-19-10-12/h2-8,10-11,20H,1H3. The highest BCUT2D eigenvalue weighted by atomic mass is 16.5. The molecule has 1 aromatic carbocycles. The highest BCUT2D eigenvalue weighted by Gasteiger charge is 2.12. The molecule has 0 fully saturated rings. The molecule has 0 saturated heterocycles. The zero-order chi connectivity index (χ0) is 14.7. The first-order valence-corrected chi connectivity index (χ1v) is 6.50. The molecule has 0 aliphatic heterocycles. The number of pyridine rings is 1. The first-order chi connectivity index (χ1) is 10.3. The lowest BCUT2D eigenvalue weighted by Crippen LogP contribution is -1.86. The molecule has 0 aliphatic rings. The van der Waals surface area contributed by atoms with Gasteiger partial charge < -0.3 is 9.72 Å². The maximum absolute atomic E-state index is 9.49. The van der Waals surface area contributed by atoms with E-state index in [1.807, 2.05) is 42.6 Å². The normalized spacial score (nSPS) is 11.3. The topological polar surface area (TPSA) is 61.7 Å². The van der Waals surface area contributed by atoms with E-state index in [-0.39, 0.29) is 0 Å². The van der Waals surface area contributed by atoms with Gasteiger partial charge in [-0.2, -0.15) is 5.26 Å². The van der Waals surface area contributed by atoms with Crippen molar-refractivity contribution in [3.8, 4) is 11.8 Å². The molecule has 21 heavy (non-hydrogen) atoms. The lowest BCUT2D eigenvalue weighted by molar-refractivity contribution is 0.420. The summed E-state index contributed by atoms with van der Waals surface area (Å²) in [5.41, 5.74) is 3.22. The van der Waals surface area contributed by atoms with E-state index in [0.29, 0.717) is 5.57 Å². The third kappa shape index (κ3) is 2.37. The van der Waals surface area contributed by atoms with Gasteiger partial charge in [0.2, 0.25) is 0 Å². The third-order valence-corrected chi connectivity index (χ3v) is 3.29. The van der Waals surface area contributed by atoms with E-state index in [4.69, 9.17) is 4.74 Å². The Morgan fingerprint density at radius 1 is 1.33 bits per heavy atom. The number of nitriles is 1. The zero-order valence-electron chi connectivity index (χ0n) is 11.5. The fourth-order valence-corrected chi connectivity index (χ4v) is 2.33. The molecule has 4 nitrogen and oxygen atoms in total. The summed E-state index contributed by atoms with van der Waals surface area (Å²) in [6, 6.07) is 11.8. The summed E-state index contributed by atoms with van der Waals surface area (Å²) in [7, 11) is 1.63. The van der Waals surface area contributed by atoms with Crippen molar-refractivity contribution in [2.75, 3.05) is 7.11 Å². The van der Waals surface area contributed by atoms with Gasteiger partial charge in [-0.3, -0.25) is 4.98 Å². The van der Waals surface area contributed by atoms with Crippen molar-refractivity contribution in [1.29, 1.82) is 5.26 Å². The molecule has 0 bridgehead atoms. The summed E-state index contributed by atoms with van der Waals surface area (Å²) in [6.45, 7) is 0. The van der Waals surface area contributed by atoms with Crippen molar-refractivity contribution in [1.82, 2.24) is 9.97 Å². The van der Waals surface area contributed by atoms with Crippen LogP contribution < -0.4 is 4.74 Å². The van der Waals surface area contributed by atoms with Gasteiger partial charge in [-0.05, 0) is 29.8 Å². The van der Waals surface area contributed by atoms with Gasteiger partial charge in [-0.15, -0.1) is 0 Å². The molecule has 3 rings (SSSR count). The van der Waals surface area contributed by atoms with Gasteiger partial charge >= 0.3 is 0 Å². The molecule has 0 unspecified atom stereocenters. The third-order valence-electron chi connectivity index (χ3n) is 3.29. The van der Waals surface area contributed by atoms with Crippen LogP contribution in [0.25, 0.3) is 22.6 Å². The molecule has 4 heteroatoms. The van der Waals surface area contributed by atoms with Crippen LogP contribution in [-0.2, 0) is 0 Å². The smallest absolute Gasteiger partial charge is 0.128 e. The number of hydrogen-bond donors (Lipinski definition) is 1. The highest BCUT2D eigenvalue weighted by molar-refractivity contribution is 6.03. The van der Waals surface area contributed by atoms with Crippen molar-refractivity contribution in [2.24, 2.45) is 0 Å². The molecule has 0 radical (unpaired) electrons. The van der Waals surface area contributed by atoms with Crippen LogP contribution in [0.1, 0.15) is 11.1 Å². The van der Waals surface area contributed by atoms with Crippen LogP contribution in [0.5, 0.6) is 5.75 Å². The summed E-state index contributed by atoms with van der Waals surface area (Å²) >= 11 is 0. The zero-order valence-corrected chi connectivity index (χ0v) is 11.5. The number of nitrogens with one attached hydrogen (secondary N) is 1. The Kier molecular flexibility index (Phi) is 3.40. The number of nitrogens with zero attached hydrogens (tertiary/aromatic N) is 2. The van der Waals surface area contributed by atoms with E-state index in [1.165, 1.54) is 0 Å². The number of methoxy groups -OCH3 is 1. The van der Waals surface area contributed by atoms with Crippen LogP contribution in [0, 0.1) is 11.3 Å². The van der Waals surface area contributed by atoms with Crippen molar-refractivity contribution < 1.29 is 4.74 Å². The Morgan fingerprint density at radius 3 is 2.95 bits per heavy atom.